The van der Waals surface area contributed by atoms with E-state index in [9.17, 15) is 4.79 Å². The summed E-state index contributed by atoms with van der Waals surface area (Å²) in [5, 5.41) is 13.0. The number of amides is 1. The van der Waals surface area contributed by atoms with Crippen LogP contribution in [-0.2, 0) is 11.2 Å². The Labute approximate surface area is 141 Å². The van der Waals surface area contributed by atoms with Gasteiger partial charge < -0.3 is 5.32 Å². The van der Waals surface area contributed by atoms with E-state index in [1.807, 2.05) is 19.2 Å². The van der Waals surface area contributed by atoms with E-state index in [0.717, 1.165) is 10.7 Å². The zero-order valence-corrected chi connectivity index (χ0v) is 14.1. The lowest BCUT2D eigenvalue weighted by atomic mass is 10.2. The van der Waals surface area contributed by atoms with Crippen molar-refractivity contribution in [2.24, 2.45) is 0 Å². The number of halogens is 1. The summed E-state index contributed by atoms with van der Waals surface area (Å²) in [5.41, 5.74) is 2.11. The van der Waals surface area contributed by atoms with Crippen LogP contribution in [0.25, 0.3) is 11.4 Å². The Morgan fingerprint density at radius 2 is 2.17 bits per heavy atom. The van der Waals surface area contributed by atoms with E-state index in [2.05, 4.69) is 25.5 Å². The fourth-order valence-corrected chi connectivity index (χ4v) is 2.97. The highest BCUT2D eigenvalue weighted by atomic mass is 35.5. The molecule has 118 valence electrons. The summed E-state index contributed by atoms with van der Waals surface area (Å²) < 4.78 is 0. The second-order valence-electron chi connectivity index (χ2n) is 5.02. The minimum absolute atomic E-state index is 0.132. The summed E-state index contributed by atoms with van der Waals surface area (Å²) in [5.74, 6) is 1.11. The predicted octanol–water partition coefficient (Wildman–Crippen LogP) is 3.38. The quantitative estimate of drug-likeness (QED) is 0.757. The van der Waals surface area contributed by atoms with Crippen LogP contribution in [0.3, 0.4) is 0 Å². The number of hydrogen-bond donors (Lipinski definition) is 2. The number of aromatic amines is 1. The van der Waals surface area contributed by atoms with Gasteiger partial charge in [-0.15, -0.1) is 11.3 Å². The number of hydrogen-bond acceptors (Lipinski definition) is 5. The van der Waals surface area contributed by atoms with Gasteiger partial charge in [0.2, 0.25) is 5.91 Å². The van der Waals surface area contributed by atoms with Crippen molar-refractivity contribution >= 4 is 34.5 Å². The van der Waals surface area contributed by atoms with Gasteiger partial charge >= 0.3 is 0 Å². The molecule has 8 heteroatoms. The molecule has 0 aliphatic carbocycles. The van der Waals surface area contributed by atoms with Crippen LogP contribution in [0.15, 0.2) is 23.6 Å². The Morgan fingerprint density at radius 3 is 2.78 bits per heavy atom. The Morgan fingerprint density at radius 1 is 1.35 bits per heavy atom. The lowest BCUT2D eigenvalue weighted by molar-refractivity contribution is -0.115. The first-order valence-corrected chi connectivity index (χ1v) is 8.17. The first-order chi connectivity index (χ1) is 11.0. The Kier molecular flexibility index (Phi) is 4.40. The van der Waals surface area contributed by atoms with Crippen LogP contribution < -0.4 is 5.32 Å². The van der Waals surface area contributed by atoms with Gasteiger partial charge in [0.25, 0.3) is 0 Å². The third-order valence-corrected chi connectivity index (χ3v) is 4.23. The van der Waals surface area contributed by atoms with Crippen molar-refractivity contribution < 1.29 is 4.79 Å². The molecule has 0 fully saturated rings. The van der Waals surface area contributed by atoms with Gasteiger partial charge in [0.05, 0.1) is 22.1 Å². The molecule has 0 unspecified atom stereocenters. The summed E-state index contributed by atoms with van der Waals surface area (Å²) in [6.45, 7) is 3.73. The Hall–Kier alpha value is -2.25. The summed E-state index contributed by atoms with van der Waals surface area (Å²) >= 11 is 7.79. The average Bonchev–Trinajstić information content (AvgIpc) is 3.08. The predicted molar refractivity (Wildman–Crippen MR) is 90.8 cm³/mol. The first-order valence-electron chi connectivity index (χ1n) is 6.91. The van der Waals surface area contributed by atoms with Crippen LogP contribution in [0.4, 0.5) is 5.69 Å². The van der Waals surface area contributed by atoms with Crippen molar-refractivity contribution in [1.82, 2.24) is 20.2 Å². The topological polar surface area (TPSA) is 83.6 Å². The molecule has 1 amide bonds. The van der Waals surface area contributed by atoms with Crippen LogP contribution in [0.1, 0.15) is 16.5 Å². The van der Waals surface area contributed by atoms with Gasteiger partial charge in [0.15, 0.2) is 5.82 Å². The molecule has 0 aliphatic heterocycles. The molecule has 0 aliphatic rings. The molecule has 0 atom stereocenters. The summed E-state index contributed by atoms with van der Waals surface area (Å²) in [6, 6.07) is 5.25. The molecule has 2 aromatic heterocycles. The number of anilines is 1. The van der Waals surface area contributed by atoms with E-state index >= 15 is 0 Å². The number of aryl methyl sites for hydroxylation is 2. The van der Waals surface area contributed by atoms with Gasteiger partial charge in [-0.2, -0.15) is 5.10 Å². The molecule has 2 N–H and O–H groups in total. The highest BCUT2D eigenvalue weighted by Gasteiger charge is 2.11. The number of aromatic nitrogens is 4. The zero-order chi connectivity index (χ0) is 16.4. The molecular formula is C15H14ClN5OS. The second-order valence-corrected chi connectivity index (χ2v) is 6.49. The summed E-state index contributed by atoms with van der Waals surface area (Å²) in [4.78, 5) is 20.6. The van der Waals surface area contributed by atoms with Gasteiger partial charge in [-0.3, -0.25) is 9.89 Å². The van der Waals surface area contributed by atoms with E-state index in [1.54, 1.807) is 18.2 Å². The number of thiazole rings is 1. The standard InChI is InChI=1S/C15H14ClN5OS/c1-8-17-15(21-20-8)12-4-3-10(5-13(12)16)19-14(22)6-11-7-23-9(2)18-11/h3-5,7H,6H2,1-2H3,(H,19,22)(H,17,20,21). The van der Waals surface area contributed by atoms with Gasteiger partial charge in [-0.25, -0.2) is 9.97 Å². The minimum Gasteiger partial charge on any atom is -0.326 e. The number of H-pyrrole nitrogens is 1. The van der Waals surface area contributed by atoms with E-state index in [4.69, 9.17) is 11.6 Å². The van der Waals surface area contributed by atoms with E-state index in [0.29, 0.717) is 27.9 Å². The number of nitrogens with one attached hydrogen (secondary N) is 2. The number of benzene rings is 1. The van der Waals surface area contributed by atoms with E-state index < -0.39 is 0 Å². The van der Waals surface area contributed by atoms with Gasteiger partial charge in [0, 0.05) is 16.6 Å². The molecule has 1 aromatic carbocycles. The van der Waals surface area contributed by atoms with Crippen molar-refractivity contribution in [2.45, 2.75) is 20.3 Å². The third kappa shape index (κ3) is 3.75. The fraction of sp³-hybridized carbons (Fsp3) is 0.200. The lowest BCUT2D eigenvalue weighted by Gasteiger charge is -2.06. The van der Waals surface area contributed by atoms with Gasteiger partial charge in [-0.05, 0) is 32.0 Å². The monoisotopic (exact) mass is 347 g/mol. The molecule has 0 saturated carbocycles. The number of carbonyl (C=O) groups excluding carboxylic acids is 1. The molecule has 3 rings (SSSR count). The number of rotatable bonds is 4. The van der Waals surface area contributed by atoms with Crippen LogP contribution in [0.2, 0.25) is 5.02 Å². The Bertz CT molecular complexity index is 857. The Balaban J connectivity index is 1.71. The zero-order valence-electron chi connectivity index (χ0n) is 12.6. The van der Waals surface area contributed by atoms with Crippen molar-refractivity contribution in [3.05, 3.63) is 45.1 Å². The summed E-state index contributed by atoms with van der Waals surface area (Å²) in [7, 11) is 0. The fourth-order valence-electron chi connectivity index (χ4n) is 2.10. The van der Waals surface area contributed by atoms with Crippen molar-refractivity contribution in [1.29, 1.82) is 0 Å². The average molecular weight is 348 g/mol. The maximum absolute atomic E-state index is 12.0. The largest absolute Gasteiger partial charge is 0.326 e. The van der Waals surface area contributed by atoms with Crippen LogP contribution in [0.5, 0.6) is 0 Å². The smallest absolute Gasteiger partial charge is 0.230 e. The van der Waals surface area contributed by atoms with E-state index in [-0.39, 0.29) is 12.3 Å². The van der Waals surface area contributed by atoms with Crippen molar-refractivity contribution in [3.8, 4) is 11.4 Å². The maximum Gasteiger partial charge on any atom is 0.230 e. The third-order valence-electron chi connectivity index (χ3n) is 3.10. The molecule has 0 spiro atoms. The first kappa shape index (κ1) is 15.6. The lowest BCUT2D eigenvalue weighted by Crippen LogP contribution is -2.14. The second kappa shape index (κ2) is 6.47. The highest BCUT2D eigenvalue weighted by molar-refractivity contribution is 7.09. The van der Waals surface area contributed by atoms with E-state index in [1.165, 1.54) is 11.3 Å². The van der Waals surface area contributed by atoms with Crippen molar-refractivity contribution in [2.75, 3.05) is 5.32 Å². The SMILES string of the molecule is Cc1nc(-c2ccc(NC(=O)Cc3csc(C)n3)cc2Cl)n[nH]1. The van der Waals surface area contributed by atoms with Gasteiger partial charge in [0.1, 0.15) is 5.82 Å². The molecule has 2 heterocycles. The molecule has 6 nitrogen and oxygen atoms in total. The molecule has 0 radical (unpaired) electrons. The number of nitrogens with zero attached hydrogens (tertiary/aromatic N) is 3. The van der Waals surface area contributed by atoms with Crippen LogP contribution in [0, 0.1) is 13.8 Å². The highest BCUT2D eigenvalue weighted by Crippen LogP contribution is 2.28. The molecule has 23 heavy (non-hydrogen) atoms. The maximum atomic E-state index is 12.0. The minimum atomic E-state index is -0.132. The van der Waals surface area contributed by atoms with Crippen LogP contribution >= 0.6 is 22.9 Å². The number of carbonyl (C=O) groups is 1. The molecular weight excluding hydrogens is 334 g/mol. The molecule has 0 saturated heterocycles. The molecule has 0 bridgehead atoms. The van der Waals surface area contributed by atoms with Gasteiger partial charge in [-0.1, -0.05) is 11.6 Å². The molecule has 3 aromatic rings. The van der Waals surface area contributed by atoms with Crippen LogP contribution in [-0.4, -0.2) is 26.1 Å². The van der Waals surface area contributed by atoms with Crippen molar-refractivity contribution in [3.63, 3.8) is 0 Å². The summed E-state index contributed by atoms with van der Waals surface area (Å²) in [6.07, 6.45) is 0.240. The normalized spacial score (nSPS) is 10.7.